The number of carbonyl (C=O) groups is 1. The minimum atomic E-state index is -0.409. The Morgan fingerprint density at radius 2 is 1.92 bits per heavy atom. The molecule has 0 bridgehead atoms. The molecule has 0 aliphatic heterocycles. The summed E-state index contributed by atoms with van der Waals surface area (Å²) in [6.07, 6.45) is 2.77. The van der Waals surface area contributed by atoms with E-state index >= 15 is 0 Å². The van der Waals surface area contributed by atoms with Gasteiger partial charge in [-0.05, 0) is 56.1 Å². The fourth-order valence-electron chi connectivity index (χ4n) is 3.99. The number of nitrogens with zero attached hydrogens (tertiary/aromatic N) is 5. The molecule has 38 heavy (non-hydrogen) atoms. The van der Waals surface area contributed by atoms with E-state index in [9.17, 15) is 14.0 Å². The first-order chi connectivity index (χ1) is 18.2. The number of likely N-dealkylation sites (N-methyl/N-ethyl adjacent to an activating group) is 2. The van der Waals surface area contributed by atoms with Crippen LogP contribution in [-0.4, -0.2) is 59.6 Å². The van der Waals surface area contributed by atoms with E-state index in [1.165, 1.54) is 28.8 Å². The molecule has 0 saturated carbocycles. The van der Waals surface area contributed by atoms with E-state index in [4.69, 9.17) is 0 Å². The molecule has 0 saturated heterocycles. The van der Waals surface area contributed by atoms with E-state index in [1.54, 1.807) is 31.4 Å². The van der Waals surface area contributed by atoms with Crippen molar-refractivity contribution in [2.45, 2.75) is 0 Å². The van der Waals surface area contributed by atoms with Crippen LogP contribution in [0.2, 0.25) is 0 Å². The van der Waals surface area contributed by atoms with Crippen LogP contribution in [0.4, 0.5) is 27.4 Å². The third-order valence-corrected chi connectivity index (χ3v) is 6.11. The molecule has 4 aromatic rings. The lowest BCUT2D eigenvalue weighted by Crippen LogP contribution is -2.29. The number of benzene rings is 2. The first kappa shape index (κ1) is 26.5. The van der Waals surface area contributed by atoms with Gasteiger partial charge in [-0.1, -0.05) is 18.7 Å². The molecule has 2 aromatic carbocycles. The molecule has 0 aliphatic carbocycles. The third-order valence-electron chi connectivity index (χ3n) is 6.11. The van der Waals surface area contributed by atoms with Crippen molar-refractivity contribution in [1.82, 2.24) is 19.4 Å². The van der Waals surface area contributed by atoms with Crippen molar-refractivity contribution >= 4 is 40.0 Å². The molecule has 196 valence electrons. The lowest BCUT2D eigenvalue weighted by atomic mass is 10.0. The molecule has 0 fully saturated rings. The van der Waals surface area contributed by atoms with Gasteiger partial charge in [0.05, 0.1) is 23.1 Å². The van der Waals surface area contributed by atoms with Crippen LogP contribution in [0, 0.1) is 5.82 Å². The Labute approximate surface area is 220 Å². The third kappa shape index (κ3) is 5.87. The normalized spacial score (nSPS) is 11.0. The van der Waals surface area contributed by atoms with Crippen LogP contribution in [0.25, 0.3) is 22.2 Å². The number of aromatic nitrogens is 3. The van der Waals surface area contributed by atoms with E-state index in [2.05, 4.69) is 37.0 Å². The maximum atomic E-state index is 14.0. The van der Waals surface area contributed by atoms with Gasteiger partial charge in [0.2, 0.25) is 11.9 Å². The van der Waals surface area contributed by atoms with Crippen molar-refractivity contribution in [1.29, 1.82) is 0 Å². The Bertz CT molecular complexity index is 1570. The average molecular weight is 516 g/mol. The van der Waals surface area contributed by atoms with E-state index in [1.807, 2.05) is 33.3 Å². The molecule has 0 radical (unpaired) electrons. The first-order valence-corrected chi connectivity index (χ1v) is 12.0. The number of fused-ring (bicyclic) bond motifs is 1. The van der Waals surface area contributed by atoms with Crippen molar-refractivity contribution in [2.75, 3.05) is 49.8 Å². The van der Waals surface area contributed by atoms with E-state index < -0.39 is 5.82 Å². The Morgan fingerprint density at radius 1 is 1.13 bits per heavy atom. The number of hydrogen-bond donors (Lipinski definition) is 2. The number of amides is 1. The summed E-state index contributed by atoms with van der Waals surface area (Å²) >= 11 is 0. The Kier molecular flexibility index (Phi) is 7.82. The topological polar surface area (TPSA) is 95.4 Å². The monoisotopic (exact) mass is 515 g/mol. The lowest BCUT2D eigenvalue weighted by Gasteiger charge is -2.24. The number of rotatable bonds is 9. The second kappa shape index (κ2) is 11.2. The molecule has 0 spiro atoms. The molecule has 0 atom stereocenters. The fraction of sp³-hybridized carbons (Fsp3) is 0.214. The summed E-state index contributed by atoms with van der Waals surface area (Å²) in [7, 11) is 7.60. The van der Waals surface area contributed by atoms with Gasteiger partial charge < -0.3 is 25.0 Å². The largest absolute Gasteiger partial charge is 0.372 e. The number of nitrogens with one attached hydrogen (secondary N) is 2. The number of carbonyl (C=O) groups excluding carboxylic acids is 1. The average Bonchev–Trinajstić information content (AvgIpc) is 2.89. The van der Waals surface area contributed by atoms with Crippen LogP contribution in [0.15, 0.2) is 72.2 Å². The Balaban J connectivity index is 1.73. The zero-order valence-corrected chi connectivity index (χ0v) is 21.8. The maximum absolute atomic E-state index is 14.0. The fourth-order valence-corrected chi connectivity index (χ4v) is 3.99. The summed E-state index contributed by atoms with van der Waals surface area (Å²) in [4.78, 5) is 37.9. The highest BCUT2D eigenvalue weighted by molar-refractivity contribution is 6.01. The van der Waals surface area contributed by atoms with Gasteiger partial charge in [-0.3, -0.25) is 9.59 Å². The zero-order chi connectivity index (χ0) is 27.4. The SMILES string of the molecule is C=CC(=O)Nc1cc(Nc2ncc3c(n2)c(-c2cccc(F)c2)cc(=O)n3C)ccc1N(C)CCN(C)C. The Morgan fingerprint density at radius 3 is 2.63 bits per heavy atom. The highest BCUT2D eigenvalue weighted by Crippen LogP contribution is 2.31. The summed E-state index contributed by atoms with van der Waals surface area (Å²) in [6, 6.07) is 13.0. The molecule has 2 heterocycles. The van der Waals surface area contributed by atoms with Gasteiger partial charge in [0.25, 0.3) is 5.56 Å². The quantitative estimate of drug-likeness (QED) is 0.325. The molecule has 2 aromatic heterocycles. The van der Waals surface area contributed by atoms with Crippen LogP contribution in [0.1, 0.15) is 0 Å². The summed E-state index contributed by atoms with van der Waals surface area (Å²) in [5, 5.41) is 6.05. The summed E-state index contributed by atoms with van der Waals surface area (Å²) in [6.45, 7) is 5.14. The lowest BCUT2D eigenvalue weighted by molar-refractivity contribution is -0.111. The molecular formula is C28H30FN7O2. The first-order valence-electron chi connectivity index (χ1n) is 12.0. The van der Waals surface area contributed by atoms with Crippen LogP contribution >= 0.6 is 0 Å². The minimum absolute atomic E-state index is 0.252. The zero-order valence-electron chi connectivity index (χ0n) is 21.8. The maximum Gasteiger partial charge on any atom is 0.251 e. The van der Waals surface area contributed by atoms with Gasteiger partial charge >= 0.3 is 0 Å². The molecule has 4 rings (SSSR count). The predicted octanol–water partition coefficient (Wildman–Crippen LogP) is 4.00. The smallest absolute Gasteiger partial charge is 0.251 e. The molecule has 1 amide bonds. The summed E-state index contributed by atoms with van der Waals surface area (Å²) in [5.74, 6) is -0.455. The number of aryl methyl sites for hydroxylation is 1. The molecule has 9 nitrogen and oxygen atoms in total. The predicted molar refractivity (Wildman–Crippen MR) is 151 cm³/mol. The number of halogens is 1. The van der Waals surface area contributed by atoms with Crippen LogP contribution in [0.5, 0.6) is 0 Å². The van der Waals surface area contributed by atoms with Gasteiger partial charge in [-0.2, -0.15) is 0 Å². The van der Waals surface area contributed by atoms with Crippen molar-refractivity contribution in [2.24, 2.45) is 7.05 Å². The van der Waals surface area contributed by atoms with Crippen LogP contribution < -0.4 is 21.1 Å². The Hall–Kier alpha value is -4.57. The van der Waals surface area contributed by atoms with Gasteiger partial charge in [0.1, 0.15) is 11.3 Å². The molecular weight excluding hydrogens is 485 g/mol. The molecule has 10 heteroatoms. The van der Waals surface area contributed by atoms with E-state index in [0.717, 1.165) is 18.8 Å². The number of hydrogen-bond acceptors (Lipinski definition) is 7. The summed E-state index contributed by atoms with van der Waals surface area (Å²) in [5.41, 5.74) is 3.89. The summed E-state index contributed by atoms with van der Waals surface area (Å²) < 4.78 is 15.4. The molecule has 0 unspecified atom stereocenters. The highest BCUT2D eigenvalue weighted by Gasteiger charge is 2.15. The van der Waals surface area contributed by atoms with Gasteiger partial charge in [0.15, 0.2) is 0 Å². The second-order valence-corrected chi connectivity index (χ2v) is 9.17. The van der Waals surface area contributed by atoms with Crippen molar-refractivity contribution < 1.29 is 9.18 Å². The van der Waals surface area contributed by atoms with Crippen molar-refractivity contribution in [3.63, 3.8) is 0 Å². The van der Waals surface area contributed by atoms with E-state index in [0.29, 0.717) is 33.5 Å². The van der Waals surface area contributed by atoms with Crippen molar-refractivity contribution in [3.05, 3.63) is 83.6 Å². The standard InChI is InChI=1S/C28H30FN7O2/c1-6-25(37)32-22-15-20(10-11-23(22)35(4)13-12-34(2)3)31-28-30-17-24-27(33-28)21(16-26(38)36(24)5)18-8-7-9-19(29)14-18/h6-11,14-17H,1,12-13H2,2-5H3,(H,32,37)(H,30,31,33). The van der Waals surface area contributed by atoms with Gasteiger partial charge in [0, 0.05) is 44.5 Å². The van der Waals surface area contributed by atoms with Crippen LogP contribution in [-0.2, 0) is 11.8 Å². The number of anilines is 4. The van der Waals surface area contributed by atoms with E-state index in [-0.39, 0.29) is 17.4 Å². The second-order valence-electron chi connectivity index (χ2n) is 9.17. The molecule has 2 N–H and O–H groups in total. The minimum Gasteiger partial charge on any atom is -0.372 e. The highest BCUT2D eigenvalue weighted by atomic mass is 19.1. The van der Waals surface area contributed by atoms with Crippen LogP contribution in [0.3, 0.4) is 0 Å². The van der Waals surface area contributed by atoms with Gasteiger partial charge in [-0.25, -0.2) is 14.4 Å². The number of pyridine rings is 1. The van der Waals surface area contributed by atoms with Crippen molar-refractivity contribution in [3.8, 4) is 11.1 Å². The molecule has 0 aliphatic rings. The van der Waals surface area contributed by atoms with Gasteiger partial charge in [-0.15, -0.1) is 0 Å².